The van der Waals surface area contributed by atoms with Gasteiger partial charge in [-0.3, -0.25) is 9.89 Å². The molecular weight excluding hydrogens is 330 g/mol. The maximum Gasteiger partial charge on any atom is 0.328 e. The average molecular weight is 364 g/mol. The van der Waals surface area contributed by atoms with Gasteiger partial charge < -0.3 is 20.2 Å². The topological polar surface area (TPSA) is 71.4 Å². The number of aliphatic carboxylic acids is 1. The Balaban J connectivity index is 1.61. The number of hydrogen-bond donors (Lipinski definition) is 2. The largest absolute Gasteiger partial charge is 0.480 e. The molecule has 3 aliphatic rings. The molecule has 2 fully saturated rings. The van der Waals surface area contributed by atoms with E-state index in [2.05, 4.69) is 25.0 Å². The summed E-state index contributed by atoms with van der Waals surface area (Å²) in [6.07, 6.45) is 6.83. The molecule has 3 unspecified atom stereocenters. The van der Waals surface area contributed by atoms with Gasteiger partial charge >= 0.3 is 5.97 Å². The van der Waals surface area contributed by atoms with Crippen molar-refractivity contribution in [2.24, 2.45) is 4.99 Å². The van der Waals surface area contributed by atoms with Crippen molar-refractivity contribution in [3.63, 3.8) is 0 Å². The summed E-state index contributed by atoms with van der Waals surface area (Å²) in [5.74, 6) is -0.822. The van der Waals surface area contributed by atoms with E-state index in [1.165, 1.54) is 6.42 Å². The summed E-state index contributed by atoms with van der Waals surface area (Å²) < 4.78 is 0. The number of fused-ring (bicyclic) bond motifs is 3. The van der Waals surface area contributed by atoms with Crippen molar-refractivity contribution in [2.45, 2.75) is 25.3 Å². The molecule has 3 aliphatic heterocycles. The molecule has 0 aliphatic carbocycles. The second-order valence-electron chi connectivity index (χ2n) is 7.53. The highest BCUT2D eigenvalue weighted by Gasteiger charge is 2.20. The van der Waals surface area contributed by atoms with Gasteiger partial charge in [-0.25, -0.2) is 4.79 Å². The summed E-state index contributed by atoms with van der Waals surface area (Å²) in [5.41, 5.74) is 0.912. The van der Waals surface area contributed by atoms with Crippen LogP contribution in [-0.4, -0.2) is 110 Å². The third kappa shape index (κ3) is 6.16. The first kappa shape index (κ1) is 19.5. The average Bonchev–Trinajstić information content (AvgIpc) is 2.65. The lowest BCUT2D eigenvalue weighted by atomic mass is 10.1. The minimum Gasteiger partial charge on any atom is -0.480 e. The van der Waals surface area contributed by atoms with Gasteiger partial charge in [0.05, 0.1) is 0 Å². The highest BCUT2D eigenvalue weighted by atomic mass is 16.4. The van der Waals surface area contributed by atoms with Crippen LogP contribution in [0.25, 0.3) is 0 Å². The van der Waals surface area contributed by atoms with Crippen LogP contribution < -0.4 is 5.32 Å². The Bertz CT molecular complexity index is 522. The SMILES string of the molecule is O=C(O)C1CC=CC(CN2CCCN3CCNCCCN(CC3)CC2)=N1. The van der Waals surface area contributed by atoms with E-state index in [9.17, 15) is 9.90 Å². The van der Waals surface area contributed by atoms with Gasteiger partial charge in [0.15, 0.2) is 6.04 Å². The van der Waals surface area contributed by atoms with Crippen LogP contribution in [0.3, 0.4) is 0 Å². The van der Waals surface area contributed by atoms with Crippen molar-refractivity contribution in [3.05, 3.63) is 12.2 Å². The number of aliphatic imine (C=N–C) groups is 1. The van der Waals surface area contributed by atoms with Gasteiger partial charge in [0.2, 0.25) is 0 Å². The summed E-state index contributed by atoms with van der Waals surface area (Å²) in [6.45, 7) is 11.8. The molecule has 0 amide bonds. The highest BCUT2D eigenvalue weighted by Crippen LogP contribution is 2.10. The number of carbonyl (C=O) groups is 1. The molecule has 0 saturated carbocycles. The minimum absolute atomic E-state index is 0.510. The lowest BCUT2D eigenvalue weighted by molar-refractivity contribution is -0.138. The van der Waals surface area contributed by atoms with Crippen LogP contribution in [0, 0.1) is 0 Å². The van der Waals surface area contributed by atoms with Crippen LogP contribution in [-0.2, 0) is 4.79 Å². The molecule has 2 saturated heterocycles. The summed E-state index contributed by atoms with van der Waals surface area (Å²) >= 11 is 0. The van der Waals surface area contributed by atoms with Crippen molar-refractivity contribution < 1.29 is 9.90 Å². The maximum atomic E-state index is 11.2. The normalized spacial score (nSPS) is 32.0. The van der Waals surface area contributed by atoms with Crippen molar-refractivity contribution in [3.8, 4) is 0 Å². The quantitative estimate of drug-likeness (QED) is 0.744. The van der Waals surface area contributed by atoms with E-state index in [1.807, 2.05) is 12.2 Å². The molecule has 7 nitrogen and oxygen atoms in total. The van der Waals surface area contributed by atoms with E-state index in [-0.39, 0.29) is 0 Å². The van der Waals surface area contributed by atoms with E-state index >= 15 is 0 Å². The first-order valence-corrected chi connectivity index (χ1v) is 10.0. The van der Waals surface area contributed by atoms with E-state index < -0.39 is 12.0 Å². The van der Waals surface area contributed by atoms with Gasteiger partial charge in [0, 0.05) is 51.5 Å². The highest BCUT2D eigenvalue weighted by molar-refractivity contribution is 5.99. The molecule has 2 N–H and O–H groups in total. The van der Waals surface area contributed by atoms with Crippen LogP contribution in [0.4, 0.5) is 0 Å². The standard InChI is InChI=1S/C19H33N5O2/c25-19(26)18-5-1-4-17(21-18)16-24-10-3-9-22-11-7-20-6-2-8-23(13-12-22)14-15-24/h1,4,18,20H,2-3,5-16H2,(H,25,26). The van der Waals surface area contributed by atoms with Crippen molar-refractivity contribution in [1.29, 1.82) is 0 Å². The summed E-state index contributed by atoms with van der Waals surface area (Å²) in [4.78, 5) is 23.3. The lowest BCUT2D eigenvalue weighted by Gasteiger charge is -2.34. The first-order chi connectivity index (χ1) is 12.7. The van der Waals surface area contributed by atoms with Crippen LogP contribution >= 0.6 is 0 Å². The number of dihydropyridines is 1. The van der Waals surface area contributed by atoms with Crippen molar-refractivity contribution in [1.82, 2.24) is 20.0 Å². The third-order valence-electron chi connectivity index (χ3n) is 5.51. The van der Waals surface area contributed by atoms with Crippen LogP contribution in [0.15, 0.2) is 17.1 Å². The molecule has 0 aromatic rings. The summed E-state index contributed by atoms with van der Waals surface area (Å²) in [6, 6.07) is -0.604. The number of nitrogens with one attached hydrogen (secondary N) is 1. The van der Waals surface area contributed by atoms with Gasteiger partial charge in [0.1, 0.15) is 0 Å². The molecule has 0 aromatic carbocycles. The Kier molecular flexibility index (Phi) is 7.61. The van der Waals surface area contributed by atoms with Crippen LogP contribution in [0.1, 0.15) is 19.3 Å². The number of carboxylic acid groups (broad SMARTS) is 1. The van der Waals surface area contributed by atoms with Crippen LogP contribution in [0.5, 0.6) is 0 Å². The number of hydrogen-bond acceptors (Lipinski definition) is 6. The zero-order valence-corrected chi connectivity index (χ0v) is 15.8. The predicted octanol–water partition coefficient (Wildman–Crippen LogP) is 0.144. The van der Waals surface area contributed by atoms with Crippen molar-refractivity contribution in [2.75, 3.05) is 72.0 Å². The summed E-state index contributed by atoms with van der Waals surface area (Å²) in [7, 11) is 0. The fourth-order valence-electron chi connectivity index (χ4n) is 3.92. The lowest BCUT2D eigenvalue weighted by Crippen LogP contribution is -2.47. The Hall–Kier alpha value is -1.28. The predicted molar refractivity (Wildman–Crippen MR) is 104 cm³/mol. The van der Waals surface area contributed by atoms with Gasteiger partial charge in [-0.2, -0.15) is 0 Å². The van der Waals surface area contributed by atoms with Gasteiger partial charge in [0.25, 0.3) is 0 Å². The molecule has 146 valence electrons. The molecule has 2 bridgehead atoms. The Morgan fingerprint density at radius 3 is 2.65 bits per heavy atom. The van der Waals surface area contributed by atoms with Gasteiger partial charge in [-0.05, 0) is 51.5 Å². The second kappa shape index (κ2) is 10.2. The first-order valence-electron chi connectivity index (χ1n) is 10.0. The molecule has 3 rings (SSSR count). The minimum atomic E-state index is -0.822. The van der Waals surface area contributed by atoms with Crippen LogP contribution in [0.2, 0.25) is 0 Å². The van der Waals surface area contributed by atoms with E-state index in [1.54, 1.807) is 0 Å². The fraction of sp³-hybridized carbons (Fsp3) is 0.789. The third-order valence-corrected chi connectivity index (χ3v) is 5.51. The fourth-order valence-corrected chi connectivity index (χ4v) is 3.92. The number of carboxylic acids is 1. The second-order valence-corrected chi connectivity index (χ2v) is 7.53. The Morgan fingerprint density at radius 2 is 1.81 bits per heavy atom. The monoisotopic (exact) mass is 363 g/mol. The smallest absolute Gasteiger partial charge is 0.328 e. The molecule has 26 heavy (non-hydrogen) atoms. The molecule has 7 heteroatoms. The maximum absolute atomic E-state index is 11.2. The molecular formula is C19H33N5O2. The molecule has 0 spiro atoms. The number of nitrogens with zero attached hydrogens (tertiary/aromatic N) is 4. The van der Waals surface area contributed by atoms with Gasteiger partial charge in [-0.15, -0.1) is 0 Å². The zero-order chi connectivity index (χ0) is 18.2. The van der Waals surface area contributed by atoms with E-state index in [0.29, 0.717) is 6.42 Å². The molecule has 3 atom stereocenters. The molecule has 3 heterocycles. The summed E-state index contributed by atoms with van der Waals surface area (Å²) in [5, 5.41) is 12.8. The van der Waals surface area contributed by atoms with E-state index in [0.717, 1.165) is 84.1 Å². The Morgan fingerprint density at radius 1 is 1.04 bits per heavy atom. The van der Waals surface area contributed by atoms with Crippen molar-refractivity contribution >= 4 is 11.7 Å². The van der Waals surface area contributed by atoms with E-state index in [4.69, 9.17) is 0 Å². The molecule has 0 radical (unpaired) electrons. The molecule has 0 aromatic heterocycles. The zero-order valence-electron chi connectivity index (χ0n) is 15.8. The number of rotatable bonds is 3. The Labute approximate surface area is 156 Å². The van der Waals surface area contributed by atoms with Gasteiger partial charge in [-0.1, -0.05) is 6.08 Å².